The lowest BCUT2D eigenvalue weighted by molar-refractivity contribution is 0.629. The lowest BCUT2D eigenvalue weighted by atomic mass is 10.1. The van der Waals surface area contributed by atoms with Gasteiger partial charge in [-0.2, -0.15) is 0 Å². The Labute approximate surface area is 115 Å². The maximum atomic E-state index is 13.2. The minimum atomic E-state index is -0.306. The molecule has 0 amide bonds. The van der Waals surface area contributed by atoms with Crippen molar-refractivity contribution in [2.24, 2.45) is 0 Å². The van der Waals surface area contributed by atoms with E-state index in [0.717, 1.165) is 11.3 Å². The Bertz CT molecular complexity index is 751. The van der Waals surface area contributed by atoms with E-state index in [-0.39, 0.29) is 5.82 Å². The van der Waals surface area contributed by atoms with Gasteiger partial charge in [-0.3, -0.25) is 0 Å². The van der Waals surface area contributed by atoms with Gasteiger partial charge in [0.15, 0.2) is 0 Å². The van der Waals surface area contributed by atoms with Crippen molar-refractivity contribution in [2.75, 3.05) is 0 Å². The summed E-state index contributed by atoms with van der Waals surface area (Å²) in [6.07, 6.45) is 0. The SMILES string of the molecule is Cc1ccc(-c2cc(Cl)c3cc(F)ccc3n2)cc1. The van der Waals surface area contributed by atoms with Crippen LogP contribution < -0.4 is 0 Å². The molecule has 1 aromatic heterocycles. The fourth-order valence-electron chi connectivity index (χ4n) is 2.03. The minimum Gasteiger partial charge on any atom is -0.248 e. The number of pyridine rings is 1. The third kappa shape index (κ3) is 2.32. The molecule has 0 unspecified atom stereocenters. The lowest BCUT2D eigenvalue weighted by Crippen LogP contribution is -1.88. The minimum absolute atomic E-state index is 0.306. The first-order chi connectivity index (χ1) is 9.13. The van der Waals surface area contributed by atoms with Crippen LogP contribution in [-0.4, -0.2) is 4.98 Å². The van der Waals surface area contributed by atoms with Gasteiger partial charge < -0.3 is 0 Å². The lowest BCUT2D eigenvalue weighted by Gasteiger charge is -2.06. The number of aryl methyl sites for hydroxylation is 1. The van der Waals surface area contributed by atoms with E-state index < -0.39 is 0 Å². The van der Waals surface area contributed by atoms with Gasteiger partial charge in [0.05, 0.1) is 16.2 Å². The summed E-state index contributed by atoms with van der Waals surface area (Å²) in [6.45, 7) is 2.04. The highest BCUT2D eigenvalue weighted by Crippen LogP contribution is 2.28. The van der Waals surface area contributed by atoms with Crippen molar-refractivity contribution >= 4 is 22.5 Å². The monoisotopic (exact) mass is 271 g/mol. The summed E-state index contributed by atoms with van der Waals surface area (Å²) in [4.78, 5) is 4.53. The zero-order chi connectivity index (χ0) is 13.4. The van der Waals surface area contributed by atoms with E-state index in [2.05, 4.69) is 4.98 Å². The first kappa shape index (κ1) is 12.1. The van der Waals surface area contributed by atoms with E-state index in [0.29, 0.717) is 15.9 Å². The van der Waals surface area contributed by atoms with Crippen molar-refractivity contribution in [2.45, 2.75) is 6.92 Å². The molecule has 0 fully saturated rings. The average molecular weight is 272 g/mol. The molecule has 3 rings (SSSR count). The maximum absolute atomic E-state index is 13.2. The van der Waals surface area contributed by atoms with Crippen LogP contribution in [-0.2, 0) is 0 Å². The van der Waals surface area contributed by atoms with E-state index in [9.17, 15) is 4.39 Å². The second-order valence-corrected chi connectivity index (χ2v) is 4.92. The highest BCUT2D eigenvalue weighted by Gasteiger charge is 2.07. The third-order valence-electron chi connectivity index (χ3n) is 3.07. The molecule has 0 spiro atoms. The molecule has 19 heavy (non-hydrogen) atoms. The van der Waals surface area contributed by atoms with Crippen molar-refractivity contribution in [3.05, 3.63) is 64.9 Å². The molecule has 0 saturated heterocycles. The number of fused-ring (bicyclic) bond motifs is 1. The van der Waals surface area contributed by atoms with Crippen LogP contribution in [0, 0.1) is 12.7 Å². The summed E-state index contributed by atoms with van der Waals surface area (Å²) >= 11 is 6.21. The smallest absolute Gasteiger partial charge is 0.124 e. The summed E-state index contributed by atoms with van der Waals surface area (Å²) in [5.41, 5.74) is 3.69. The molecule has 1 heterocycles. The van der Waals surface area contributed by atoms with Gasteiger partial charge in [-0.25, -0.2) is 9.37 Å². The zero-order valence-corrected chi connectivity index (χ0v) is 11.1. The standard InChI is InChI=1S/C16H11ClFN/c1-10-2-4-11(5-3-10)16-9-14(17)13-8-12(18)6-7-15(13)19-16/h2-9H,1H3. The van der Waals surface area contributed by atoms with Crippen molar-refractivity contribution in [3.8, 4) is 11.3 Å². The largest absolute Gasteiger partial charge is 0.248 e. The van der Waals surface area contributed by atoms with Crippen LogP contribution in [0.25, 0.3) is 22.2 Å². The van der Waals surface area contributed by atoms with Crippen LogP contribution in [0.4, 0.5) is 4.39 Å². The molecule has 3 heteroatoms. The fraction of sp³-hybridized carbons (Fsp3) is 0.0625. The summed E-state index contributed by atoms with van der Waals surface area (Å²) in [5.74, 6) is -0.306. The molecule has 0 radical (unpaired) electrons. The summed E-state index contributed by atoms with van der Waals surface area (Å²) < 4.78 is 13.2. The Morgan fingerprint density at radius 3 is 2.47 bits per heavy atom. The highest BCUT2D eigenvalue weighted by atomic mass is 35.5. The van der Waals surface area contributed by atoms with Gasteiger partial charge in [0, 0.05) is 10.9 Å². The third-order valence-corrected chi connectivity index (χ3v) is 3.38. The van der Waals surface area contributed by atoms with Gasteiger partial charge in [-0.1, -0.05) is 41.4 Å². The summed E-state index contributed by atoms with van der Waals surface area (Å²) in [5, 5.41) is 1.15. The van der Waals surface area contributed by atoms with Gasteiger partial charge in [0.2, 0.25) is 0 Å². The Morgan fingerprint density at radius 2 is 1.74 bits per heavy atom. The number of benzene rings is 2. The second kappa shape index (κ2) is 4.63. The Kier molecular flexibility index (Phi) is 2.96. The van der Waals surface area contributed by atoms with Crippen LogP contribution in [0.5, 0.6) is 0 Å². The van der Waals surface area contributed by atoms with Gasteiger partial charge >= 0.3 is 0 Å². The molecular weight excluding hydrogens is 261 g/mol. The van der Waals surface area contributed by atoms with E-state index in [1.54, 1.807) is 12.1 Å². The predicted molar refractivity (Wildman–Crippen MR) is 76.9 cm³/mol. The molecule has 0 aliphatic heterocycles. The van der Waals surface area contributed by atoms with Gasteiger partial charge in [0.25, 0.3) is 0 Å². The van der Waals surface area contributed by atoms with Gasteiger partial charge in [-0.15, -0.1) is 0 Å². The first-order valence-electron chi connectivity index (χ1n) is 5.96. The van der Waals surface area contributed by atoms with Gasteiger partial charge in [0.1, 0.15) is 5.82 Å². The number of hydrogen-bond acceptors (Lipinski definition) is 1. The number of halogens is 2. The number of aromatic nitrogens is 1. The molecule has 3 aromatic rings. The molecule has 94 valence electrons. The number of rotatable bonds is 1. The Balaban J connectivity index is 2.20. The molecular formula is C16H11ClFN. The number of nitrogens with zero attached hydrogens (tertiary/aromatic N) is 1. The van der Waals surface area contributed by atoms with Crippen molar-refractivity contribution in [3.63, 3.8) is 0 Å². The number of hydrogen-bond donors (Lipinski definition) is 0. The molecule has 0 atom stereocenters. The van der Waals surface area contributed by atoms with Gasteiger partial charge in [-0.05, 0) is 31.2 Å². The second-order valence-electron chi connectivity index (χ2n) is 4.52. The van der Waals surface area contributed by atoms with Crippen LogP contribution in [0.1, 0.15) is 5.56 Å². The predicted octanol–water partition coefficient (Wildman–Crippen LogP) is 5.00. The summed E-state index contributed by atoms with van der Waals surface area (Å²) in [7, 11) is 0. The van der Waals surface area contributed by atoms with Crippen molar-refractivity contribution in [1.29, 1.82) is 0 Å². The van der Waals surface area contributed by atoms with Crippen LogP contribution >= 0.6 is 11.6 Å². The fourth-order valence-corrected chi connectivity index (χ4v) is 2.28. The summed E-state index contributed by atoms with van der Waals surface area (Å²) in [6, 6.07) is 14.3. The van der Waals surface area contributed by atoms with Crippen LogP contribution in [0.2, 0.25) is 5.02 Å². The molecule has 1 nitrogen and oxygen atoms in total. The zero-order valence-electron chi connectivity index (χ0n) is 10.3. The van der Waals surface area contributed by atoms with Crippen LogP contribution in [0.3, 0.4) is 0 Å². The Morgan fingerprint density at radius 1 is 1.00 bits per heavy atom. The molecule has 0 aliphatic rings. The maximum Gasteiger partial charge on any atom is 0.124 e. The Hall–Kier alpha value is -1.93. The van der Waals surface area contributed by atoms with Crippen molar-refractivity contribution in [1.82, 2.24) is 4.98 Å². The van der Waals surface area contributed by atoms with Crippen LogP contribution in [0.15, 0.2) is 48.5 Å². The molecule has 0 saturated carbocycles. The molecule has 0 N–H and O–H groups in total. The first-order valence-corrected chi connectivity index (χ1v) is 6.34. The molecule has 0 bridgehead atoms. The van der Waals surface area contributed by atoms with E-state index >= 15 is 0 Å². The molecule has 2 aromatic carbocycles. The van der Waals surface area contributed by atoms with E-state index in [1.165, 1.54) is 17.7 Å². The average Bonchev–Trinajstić information content (AvgIpc) is 2.40. The van der Waals surface area contributed by atoms with Crippen molar-refractivity contribution < 1.29 is 4.39 Å². The highest BCUT2D eigenvalue weighted by molar-refractivity contribution is 6.35. The molecule has 0 aliphatic carbocycles. The topological polar surface area (TPSA) is 12.9 Å². The quantitative estimate of drug-likeness (QED) is 0.607. The van der Waals surface area contributed by atoms with E-state index in [1.807, 2.05) is 31.2 Å². The normalized spacial score (nSPS) is 10.9. The van der Waals surface area contributed by atoms with E-state index in [4.69, 9.17) is 11.6 Å².